The molecular weight excluding hydrogens is 466 g/mol. The first-order valence-electron chi connectivity index (χ1n) is 11.2. The van der Waals surface area contributed by atoms with Crippen molar-refractivity contribution in [2.24, 2.45) is 5.10 Å². The van der Waals surface area contributed by atoms with Crippen LogP contribution in [0.4, 0.5) is 5.69 Å². The number of nitrogens with zero attached hydrogens (tertiary/aromatic N) is 2. The summed E-state index contributed by atoms with van der Waals surface area (Å²) in [6, 6.07) is 21.7. The molecule has 184 valence electrons. The molecule has 3 aromatic rings. The van der Waals surface area contributed by atoms with Gasteiger partial charge in [-0.1, -0.05) is 37.6 Å². The van der Waals surface area contributed by atoms with Crippen LogP contribution < -0.4 is 19.2 Å². The number of methoxy groups -OCH3 is 1. The molecule has 0 atom stereocenters. The Morgan fingerprint density at radius 2 is 1.74 bits per heavy atom. The fourth-order valence-electron chi connectivity index (χ4n) is 3.13. The smallest absolute Gasteiger partial charge is 0.264 e. The Balaban J connectivity index is 1.72. The highest BCUT2D eigenvalue weighted by atomic mass is 32.2. The number of hydrogen-bond donors (Lipinski definition) is 1. The van der Waals surface area contributed by atoms with Crippen LogP contribution >= 0.6 is 0 Å². The maximum Gasteiger partial charge on any atom is 0.264 e. The molecule has 0 heterocycles. The fourth-order valence-corrected chi connectivity index (χ4v) is 4.56. The first-order chi connectivity index (χ1) is 16.9. The van der Waals surface area contributed by atoms with Gasteiger partial charge < -0.3 is 9.47 Å². The maximum absolute atomic E-state index is 13.3. The van der Waals surface area contributed by atoms with Gasteiger partial charge in [-0.2, -0.15) is 5.10 Å². The zero-order valence-electron chi connectivity index (χ0n) is 19.8. The first kappa shape index (κ1) is 25.8. The quantitative estimate of drug-likeness (QED) is 0.231. The molecule has 0 unspecified atom stereocenters. The number of sulfonamides is 1. The molecule has 9 heteroatoms. The lowest BCUT2D eigenvalue weighted by Crippen LogP contribution is -2.39. The predicted octanol–water partition coefficient (Wildman–Crippen LogP) is 4.22. The molecule has 3 aromatic carbocycles. The number of ether oxygens (including phenoxy) is 2. The molecule has 8 nitrogen and oxygen atoms in total. The highest BCUT2D eigenvalue weighted by molar-refractivity contribution is 7.92. The monoisotopic (exact) mass is 495 g/mol. The molecular formula is C26H29N3O5S. The number of rotatable bonds is 12. The van der Waals surface area contributed by atoms with Gasteiger partial charge in [0.2, 0.25) is 0 Å². The van der Waals surface area contributed by atoms with Crippen molar-refractivity contribution in [3.05, 3.63) is 84.4 Å². The summed E-state index contributed by atoms with van der Waals surface area (Å²) in [4.78, 5) is 12.7. The average Bonchev–Trinajstić information content (AvgIpc) is 2.89. The lowest BCUT2D eigenvalue weighted by molar-refractivity contribution is -0.119. The third-order valence-corrected chi connectivity index (χ3v) is 6.80. The van der Waals surface area contributed by atoms with E-state index < -0.39 is 22.5 Å². The molecule has 0 saturated carbocycles. The van der Waals surface area contributed by atoms with Crippen LogP contribution in [0.1, 0.15) is 25.3 Å². The van der Waals surface area contributed by atoms with Crippen molar-refractivity contribution in [1.82, 2.24) is 5.43 Å². The summed E-state index contributed by atoms with van der Waals surface area (Å²) in [7, 11) is -2.53. The fraction of sp³-hybridized carbons (Fsp3) is 0.231. The van der Waals surface area contributed by atoms with Gasteiger partial charge in [0.05, 0.1) is 30.5 Å². The van der Waals surface area contributed by atoms with Crippen LogP contribution in [0.5, 0.6) is 11.5 Å². The second-order valence-corrected chi connectivity index (χ2v) is 9.45. The molecule has 1 N–H and O–H groups in total. The number of carbonyl (C=O) groups is 1. The number of hydrogen-bond acceptors (Lipinski definition) is 6. The number of benzene rings is 3. The lowest BCUT2D eigenvalue weighted by atomic mass is 10.2. The van der Waals surface area contributed by atoms with Crippen molar-refractivity contribution in [2.45, 2.75) is 24.7 Å². The Kier molecular flexibility index (Phi) is 9.25. The zero-order chi connectivity index (χ0) is 25.1. The zero-order valence-corrected chi connectivity index (χ0v) is 20.6. The van der Waals surface area contributed by atoms with Gasteiger partial charge >= 0.3 is 0 Å². The Morgan fingerprint density at radius 1 is 1.00 bits per heavy atom. The number of unbranched alkanes of at least 4 members (excludes halogenated alkanes) is 1. The summed E-state index contributed by atoms with van der Waals surface area (Å²) in [5.41, 5.74) is 3.46. The number of carbonyl (C=O) groups excluding carboxylic acids is 1. The normalized spacial score (nSPS) is 11.3. The van der Waals surface area contributed by atoms with Gasteiger partial charge in [-0.25, -0.2) is 13.8 Å². The molecule has 0 aliphatic rings. The van der Waals surface area contributed by atoms with Crippen LogP contribution in [-0.2, 0) is 14.8 Å². The second-order valence-electron chi connectivity index (χ2n) is 7.59. The van der Waals surface area contributed by atoms with Crippen LogP contribution in [0.2, 0.25) is 0 Å². The van der Waals surface area contributed by atoms with E-state index in [1.54, 1.807) is 42.5 Å². The summed E-state index contributed by atoms with van der Waals surface area (Å²) < 4.78 is 38.6. The van der Waals surface area contributed by atoms with Crippen LogP contribution in [0.25, 0.3) is 0 Å². The van der Waals surface area contributed by atoms with Crippen LogP contribution in [-0.4, -0.2) is 40.8 Å². The molecule has 0 aliphatic carbocycles. The Labute approximate surface area is 206 Å². The molecule has 1 amide bonds. The van der Waals surface area contributed by atoms with Gasteiger partial charge in [0.15, 0.2) is 0 Å². The van der Waals surface area contributed by atoms with Crippen LogP contribution in [0.3, 0.4) is 0 Å². The van der Waals surface area contributed by atoms with Gasteiger partial charge in [-0.3, -0.25) is 9.10 Å². The Bertz CT molecular complexity index is 1230. The highest BCUT2D eigenvalue weighted by Crippen LogP contribution is 2.26. The van der Waals surface area contributed by atoms with Crippen molar-refractivity contribution >= 4 is 27.8 Å². The van der Waals surface area contributed by atoms with Crippen molar-refractivity contribution in [1.29, 1.82) is 0 Å². The molecule has 0 radical (unpaired) electrons. The van der Waals surface area contributed by atoms with E-state index in [1.165, 1.54) is 25.5 Å². The van der Waals surface area contributed by atoms with Crippen molar-refractivity contribution in [2.75, 3.05) is 24.6 Å². The molecule has 0 spiro atoms. The van der Waals surface area contributed by atoms with Gasteiger partial charge in [-0.05, 0) is 60.5 Å². The predicted molar refractivity (Wildman–Crippen MR) is 137 cm³/mol. The summed E-state index contributed by atoms with van der Waals surface area (Å²) in [5.74, 6) is 0.638. The van der Waals surface area contributed by atoms with Gasteiger partial charge in [0.25, 0.3) is 15.9 Å². The molecule has 0 aromatic heterocycles. The van der Waals surface area contributed by atoms with E-state index in [9.17, 15) is 13.2 Å². The minimum absolute atomic E-state index is 0.0698. The lowest BCUT2D eigenvalue weighted by Gasteiger charge is -2.24. The van der Waals surface area contributed by atoms with E-state index in [0.717, 1.165) is 28.5 Å². The topological polar surface area (TPSA) is 97.3 Å². The Morgan fingerprint density at radius 3 is 2.43 bits per heavy atom. The average molecular weight is 496 g/mol. The summed E-state index contributed by atoms with van der Waals surface area (Å²) in [5, 5.41) is 3.97. The third-order valence-electron chi connectivity index (χ3n) is 5.01. The molecule has 3 rings (SSSR count). The minimum atomic E-state index is -4.01. The van der Waals surface area contributed by atoms with E-state index in [4.69, 9.17) is 9.47 Å². The summed E-state index contributed by atoms with van der Waals surface area (Å²) in [6.45, 7) is 2.30. The van der Waals surface area contributed by atoms with Crippen molar-refractivity contribution < 1.29 is 22.7 Å². The van der Waals surface area contributed by atoms with E-state index in [2.05, 4.69) is 17.5 Å². The van der Waals surface area contributed by atoms with E-state index >= 15 is 0 Å². The van der Waals surface area contributed by atoms with Crippen LogP contribution in [0.15, 0.2) is 88.9 Å². The SMILES string of the molecule is CCCCOc1ccc(C=NNC(=O)CN(c2cccc(OC)c2)S(=O)(=O)c2ccccc2)cc1. The van der Waals surface area contributed by atoms with Gasteiger partial charge in [0.1, 0.15) is 18.0 Å². The Hall–Kier alpha value is -3.85. The largest absolute Gasteiger partial charge is 0.497 e. The first-order valence-corrected chi connectivity index (χ1v) is 12.6. The molecule has 0 fully saturated rings. The number of anilines is 1. The van der Waals surface area contributed by atoms with Gasteiger partial charge in [-0.15, -0.1) is 0 Å². The van der Waals surface area contributed by atoms with Crippen LogP contribution in [0, 0.1) is 0 Å². The summed E-state index contributed by atoms with van der Waals surface area (Å²) in [6.07, 6.45) is 3.53. The minimum Gasteiger partial charge on any atom is -0.497 e. The number of nitrogens with one attached hydrogen (secondary N) is 1. The standard InChI is InChI=1S/C26H29N3O5S/c1-3-4-17-34-23-15-13-21(14-16-23)19-27-28-26(30)20-29(22-9-8-10-24(18-22)33-2)35(31,32)25-11-6-5-7-12-25/h5-16,18-19H,3-4,17,20H2,1-2H3,(H,28,30). The van der Waals surface area contributed by atoms with Crippen molar-refractivity contribution in [3.63, 3.8) is 0 Å². The number of amides is 1. The molecule has 0 bridgehead atoms. The third kappa shape index (κ3) is 7.31. The maximum atomic E-state index is 13.3. The molecule has 0 aliphatic heterocycles. The molecule has 35 heavy (non-hydrogen) atoms. The van der Waals surface area contributed by atoms with E-state index in [-0.39, 0.29) is 4.90 Å². The van der Waals surface area contributed by atoms with Gasteiger partial charge in [0, 0.05) is 6.07 Å². The number of hydrazone groups is 1. The highest BCUT2D eigenvalue weighted by Gasteiger charge is 2.27. The van der Waals surface area contributed by atoms with E-state index in [1.807, 2.05) is 24.3 Å². The summed E-state index contributed by atoms with van der Waals surface area (Å²) >= 11 is 0. The second kappa shape index (κ2) is 12.6. The molecule has 0 saturated heterocycles. The van der Waals surface area contributed by atoms with E-state index in [0.29, 0.717) is 18.0 Å². The van der Waals surface area contributed by atoms with Crippen molar-refractivity contribution in [3.8, 4) is 11.5 Å².